The van der Waals surface area contributed by atoms with E-state index >= 15 is 0 Å². The van der Waals surface area contributed by atoms with Crippen molar-refractivity contribution in [1.82, 2.24) is 10.2 Å². The molecule has 0 radical (unpaired) electrons. The van der Waals surface area contributed by atoms with Gasteiger partial charge in [-0.05, 0) is 19.5 Å². The summed E-state index contributed by atoms with van der Waals surface area (Å²) in [5.74, 6) is 0. The molecule has 4 nitrogen and oxygen atoms in total. The number of nitrogens with one attached hydrogen (secondary N) is 1. The Morgan fingerprint density at radius 3 is 2.35 bits per heavy atom. The first kappa shape index (κ1) is 16.8. The van der Waals surface area contributed by atoms with Gasteiger partial charge in [0.15, 0.2) is 0 Å². The van der Waals surface area contributed by atoms with Gasteiger partial charge in [-0.2, -0.15) is 0 Å². The van der Waals surface area contributed by atoms with Gasteiger partial charge in [-0.15, -0.1) is 0 Å². The van der Waals surface area contributed by atoms with E-state index < -0.39 is 0 Å². The number of aliphatic hydroxyl groups is 1. The molecule has 17 heavy (non-hydrogen) atoms. The highest BCUT2D eigenvalue weighted by molar-refractivity contribution is 4.71. The van der Waals surface area contributed by atoms with Crippen molar-refractivity contribution >= 4 is 0 Å². The zero-order valence-electron chi connectivity index (χ0n) is 11.9. The quantitative estimate of drug-likeness (QED) is 0.573. The number of rotatable bonds is 11. The van der Waals surface area contributed by atoms with Crippen molar-refractivity contribution in [3.05, 3.63) is 0 Å². The highest BCUT2D eigenvalue weighted by Gasteiger charge is 2.12. The summed E-state index contributed by atoms with van der Waals surface area (Å²) in [5.41, 5.74) is 0. The van der Waals surface area contributed by atoms with E-state index in [1.165, 1.54) is 0 Å². The van der Waals surface area contributed by atoms with Crippen molar-refractivity contribution < 1.29 is 9.84 Å². The largest absolute Gasteiger partial charge is 0.390 e. The molecule has 0 aliphatic heterocycles. The molecule has 2 unspecified atom stereocenters. The molecule has 104 valence electrons. The summed E-state index contributed by atoms with van der Waals surface area (Å²) in [7, 11) is 1.72. The van der Waals surface area contributed by atoms with E-state index in [1.54, 1.807) is 7.11 Å². The summed E-state index contributed by atoms with van der Waals surface area (Å²) in [6, 6.07) is 0.358. The zero-order valence-corrected chi connectivity index (χ0v) is 11.9. The van der Waals surface area contributed by atoms with Crippen LogP contribution in [0.5, 0.6) is 0 Å². The predicted molar refractivity (Wildman–Crippen MR) is 72.4 cm³/mol. The number of hydrogen-bond acceptors (Lipinski definition) is 4. The Bertz CT molecular complexity index is 157. The standard InChI is InChI=1S/C13H30N2O2/c1-5-8-12(11-17-4)14-9-13(16)10-15(6-2)7-3/h12-14,16H,5-11H2,1-4H3. The van der Waals surface area contributed by atoms with Crippen LogP contribution >= 0.6 is 0 Å². The third kappa shape index (κ3) is 8.55. The molecule has 0 aromatic carbocycles. The molecule has 0 aromatic rings. The Morgan fingerprint density at radius 1 is 1.24 bits per heavy atom. The van der Waals surface area contributed by atoms with Gasteiger partial charge in [0, 0.05) is 26.2 Å². The Balaban J connectivity index is 3.81. The molecule has 0 aromatic heterocycles. The van der Waals surface area contributed by atoms with Gasteiger partial charge in [0.05, 0.1) is 12.7 Å². The average Bonchev–Trinajstić information content (AvgIpc) is 2.33. The van der Waals surface area contributed by atoms with Crippen molar-refractivity contribution in [3.63, 3.8) is 0 Å². The molecule has 0 fully saturated rings. The first-order chi connectivity index (χ1) is 8.17. The predicted octanol–water partition coefficient (Wildman–Crippen LogP) is 1.09. The molecular formula is C13H30N2O2. The maximum Gasteiger partial charge on any atom is 0.0791 e. The second kappa shape index (κ2) is 11.0. The lowest BCUT2D eigenvalue weighted by Crippen LogP contribution is -2.43. The van der Waals surface area contributed by atoms with Gasteiger partial charge < -0.3 is 20.1 Å². The van der Waals surface area contributed by atoms with Gasteiger partial charge >= 0.3 is 0 Å². The van der Waals surface area contributed by atoms with E-state index in [1.807, 2.05) is 0 Å². The minimum atomic E-state index is -0.300. The van der Waals surface area contributed by atoms with E-state index in [4.69, 9.17) is 4.74 Å². The van der Waals surface area contributed by atoms with Crippen molar-refractivity contribution in [2.45, 2.75) is 45.8 Å². The SMILES string of the molecule is CCCC(COC)NCC(O)CN(CC)CC. The fraction of sp³-hybridized carbons (Fsp3) is 1.00. The number of hydrogen-bond donors (Lipinski definition) is 2. The lowest BCUT2D eigenvalue weighted by Gasteiger charge is -2.24. The Kier molecular flexibility index (Phi) is 10.9. The Morgan fingerprint density at radius 2 is 1.88 bits per heavy atom. The van der Waals surface area contributed by atoms with Crippen LogP contribution in [-0.2, 0) is 4.74 Å². The van der Waals surface area contributed by atoms with Crippen LogP contribution in [0.1, 0.15) is 33.6 Å². The Hall–Kier alpha value is -0.160. The van der Waals surface area contributed by atoms with Gasteiger partial charge in [0.1, 0.15) is 0 Å². The topological polar surface area (TPSA) is 44.7 Å². The van der Waals surface area contributed by atoms with Crippen molar-refractivity contribution in [2.24, 2.45) is 0 Å². The van der Waals surface area contributed by atoms with Crippen LogP contribution in [0.25, 0.3) is 0 Å². The van der Waals surface area contributed by atoms with Gasteiger partial charge in [0.2, 0.25) is 0 Å². The summed E-state index contributed by atoms with van der Waals surface area (Å²) in [6.45, 7) is 10.5. The second-order valence-corrected chi connectivity index (χ2v) is 4.49. The van der Waals surface area contributed by atoms with E-state index in [0.717, 1.165) is 32.5 Å². The first-order valence-corrected chi connectivity index (χ1v) is 6.80. The summed E-state index contributed by atoms with van der Waals surface area (Å²) in [6.07, 6.45) is 1.92. The smallest absolute Gasteiger partial charge is 0.0791 e. The molecule has 0 spiro atoms. The molecule has 0 saturated carbocycles. The first-order valence-electron chi connectivity index (χ1n) is 6.80. The van der Waals surface area contributed by atoms with E-state index in [0.29, 0.717) is 19.2 Å². The van der Waals surface area contributed by atoms with E-state index in [2.05, 4.69) is 31.0 Å². The summed E-state index contributed by atoms with van der Waals surface area (Å²) in [5, 5.41) is 13.3. The van der Waals surface area contributed by atoms with Crippen LogP contribution in [0, 0.1) is 0 Å². The van der Waals surface area contributed by atoms with E-state index in [9.17, 15) is 5.11 Å². The molecule has 0 bridgehead atoms. The van der Waals surface area contributed by atoms with Crippen LogP contribution in [-0.4, -0.2) is 62.0 Å². The molecule has 2 atom stereocenters. The number of aliphatic hydroxyl groups excluding tert-OH is 1. The van der Waals surface area contributed by atoms with Gasteiger partial charge in [-0.3, -0.25) is 0 Å². The maximum absolute atomic E-state index is 9.92. The average molecular weight is 246 g/mol. The molecule has 0 aliphatic rings. The molecule has 4 heteroatoms. The summed E-state index contributed by atoms with van der Waals surface area (Å²) < 4.78 is 5.16. The minimum Gasteiger partial charge on any atom is -0.390 e. The number of nitrogens with zero attached hydrogens (tertiary/aromatic N) is 1. The fourth-order valence-corrected chi connectivity index (χ4v) is 1.94. The Labute approximate surface area is 106 Å². The summed E-state index contributed by atoms with van der Waals surface area (Å²) in [4.78, 5) is 2.23. The van der Waals surface area contributed by atoms with E-state index in [-0.39, 0.29) is 6.10 Å². The zero-order chi connectivity index (χ0) is 13.1. The van der Waals surface area contributed by atoms with Crippen molar-refractivity contribution in [3.8, 4) is 0 Å². The number of methoxy groups -OCH3 is 1. The lowest BCUT2D eigenvalue weighted by atomic mass is 10.1. The lowest BCUT2D eigenvalue weighted by molar-refractivity contribution is 0.103. The van der Waals surface area contributed by atoms with Gasteiger partial charge in [0.25, 0.3) is 0 Å². The number of ether oxygens (including phenoxy) is 1. The fourth-order valence-electron chi connectivity index (χ4n) is 1.94. The molecule has 0 rings (SSSR count). The molecule has 2 N–H and O–H groups in total. The molecule has 0 amide bonds. The van der Waals surface area contributed by atoms with Crippen LogP contribution in [0.15, 0.2) is 0 Å². The number of likely N-dealkylation sites (N-methyl/N-ethyl adjacent to an activating group) is 1. The van der Waals surface area contributed by atoms with Crippen LogP contribution in [0.2, 0.25) is 0 Å². The highest BCUT2D eigenvalue weighted by atomic mass is 16.5. The second-order valence-electron chi connectivity index (χ2n) is 4.49. The van der Waals surface area contributed by atoms with Crippen molar-refractivity contribution in [1.29, 1.82) is 0 Å². The highest BCUT2D eigenvalue weighted by Crippen LogP contribution is 1.98. The van der Waals surface area contributed by atoms with Gasteiger partial charge in [-0.1, -0.05) is 27.2 Å². The molecule has 0 aliphatic carbocycles. The molecular weight excluding hydrogens is 216 g/mol. The summed E-state index contributed by atoms with van der Waals surface area (Å²) >= 11 is 0. The molecule has 0 saturated heterocycles. The van der Waals surface area contributed by atoms with Crippen LogP contribution < -0.4 is 5.32 Å². The maximum atomic E-state index is 9.92. The molecule has 0 heterocycles. The monoisotopic (exact) mass is 246 g/mol. The van der Waals surface area contributed by atoms with Crippen molar-refractivity contribution in [2.75, 3.05) is 39.9 Å². The van der Waals surface area contributed by atoms with Gasteiger partial charge in [-0.25, -0.2) is 0 Å². The third-order valence-electron chi connectivity index (χ3n) is 3.01. The minimum absolute atomic E-state index is 0.300. The van der Waals surface area contributed by atoms with Crippen LogP contribution in [0.3, 0.4) is 0 Å². The normalized spacial score (nSPS) is 15.2. The van der Waals surface area contributed by atoms with Crippen LogP contribution in [0.4, 0.5) is 0 Å². The third-order valence-corrected chi connectivity index (χ3v) is 3.01.